The number of hydrogen-bond donors (Lipinski definition) is 2. The largest absolute Gasteiger partial charge is 0.458 e. The van der Waals surface area contributed by atoms with Crippen LogP contribution in [0.5, 0.6) is 0 Å². The van der Waals surface area contributed by atoms with Crippen molar-refractivity contribution in [2.75, 3.05) is 26.4 Å². The molecule has 0 radical (unpaired) electrons. The van der Waals surface area contributed by atoms with Gasteiger partial charge in [0.1, 0.15) is 24.4 Å². The number of nitrogens with zero attached hydrogens (tertiary/aromatic N) is 3. The molecule has 10 heteroatoms. The second-order valence-corrected chi connectivity index (χ2v) is 6.30. The Kier molecular flexibility index (Phi) is 11.3. The third kappa shape index (κ3) is 10.9. The summed E-state index contributed by atoms with van der Waals surface area (Å²) >= 11 is 0. The molecule has 4 atom stereocenters. The Morgan fingerprint density at radius 1 is 1.36 bits per heavy atom. The van der Waals surface area contributed by atoms with Gasteiger partial charge in [0.2, 0.25) is 0 Å². The van der Waals surface area contributed by atoms with Crippen molar-refractivity contribution in [3.05, 3.63) is 10.4 Å². The van der Waals surface area contributed by atoms with E-state index in [1.807, 2.05) is 0 Å². The highest BCUT2D eigenvalue weighted by Gasteiger charge is 2.27. The summed E-state index contributed by atoms with van der Waals surface area (Å²) < 4.78 is 20.9. The van der Waals surface area contributed by atoms with Crippen LogP contribution in [-0.2, 0) is 23.7 Å². The van der Waals surface area contributed by atoms with Crippen molar-refractivity contribution in [3.63, 3.8) is 0 Å². The van der Waals surface area contributed by atoms with Crippen LogP contribution in [0.1, 0.15) is 34.6 Å². The van der Waals surface area contributed by atoms with Gasteiger partial charge < -0.3 is 29.2 Å². The average Bonchev–Trinajstić information content (AvgIpc) is 2.49. The van der Waals surface area contributed by atoms with Gasteiger partial charge in [0.15, 0.2) is 6.29 Å². The molecule has 0 saturated heterocycles. The maximum absolute atomic E-state index is 11.5. The number of aliphatic hydroxyl groups excluding tert-OH is 2. The molecular formula is C15H29N3O7. The molecule has 0 heterocycles. The van der Waals surface area contributed by atoms with Gasteiger partial charge in [-0.05, 0) is 33.2 Å². The number of ether oxygens (including phenoxy) is 4. The lowest BCUT2D eigenvalue weighted by Crippen LogP contribution is -2.42. The number of hydrogen-bond acceptors (Lipinski definition) is 8. The van der Waals surface area contributed by atoms with E-state index in [2.05, 4.69) is 10.0 Å². The van der Waals surface area contributed by atoms with Crippen LogP contribution >= 0.6 is 0 Å². The summed E-state index contributed by atoms with van der Waals surface area (Å²) in [5, 5.41) is 22.9. The predicted octanol–water partition coefficient (Wildman–Crippen LogP) is 1.14. The molecule has 0 fully saturated rings. The van der Waals surface area contributed by atoms with Gasteiger partial charge >= 0.3 is 5.97 Å². The molecule has 2 N–H and O–H groups in total. The first-order valence-corrected chi connectivity index (χ1v) is 8.04. The molecule has 0 aromatic carbocycles. The average molecular weight is 363 g/mol. The van der Waals surface area contributed by atoms with Gasteiger partial charge in [-0.1, -0.05) is 12.0 Å². The van der Waals surface area contributed by atoms with Crippen LogP contribution in [0.3, 0.4) is 0 Å². The van der Waals surface area contributed by atoms with Crippen LogP contribution in [-0.4, -0.2) is 72.8 Å². The van der Waals surface area contributed by atoms with E-state index in [9.17, 15) is 15.0 Å². The van der Waals surface area contributed by atoms with Crippen molar-refractivity contribution in [1.29, 1.82) is 0 Å². The fourth-order valence-electron chi connectivity index (χ4n) is 1.76. The monoisotopic (exact) mass is 363 g/mol. The van der Waals surface area contributed by atoms with Crippen molar-refractivity contribution in [3.8, 4) is 0 Å². The summed E-state index contributed by atoms with van der Waals surface area (Å²) in [7, 11) is 0. The minimum Gasteiger partial charge on any atom is -0.458 e. The summed E-state index contributed by atoms with van der Waals surface area (Å²) in [4.78, 5) is 14.2. The number of carbonyl (C=O) groups excluding carboxylic acids is 1. The van der Waals surface area contributed by atoms with Crippen molar-refractivity contribution < 1.29 is 34.0 Å². The summed E-state index contributed by atoms with van der Waals surface area (Å²) in [6, 6.07) is -0.658. The van der Waals surface area contributed by atoms with Gasteiger partial charge in [-0.3, -0.25) is 0 Å². The fourth-order valence-corrected chi connectivity index (χ4v) is 1.76. The van der Waals surface area contributed by atoms with Crippen molar-refractivity contribution in [1.82, 2.24) is 0 Å². The van der Waals surface area contributed by atoms with Crippen molar-refractivity contribution >= 4 is 5.97 Å². The van der Waals surface area contributed by atoms with E-state index < -0.39 is 42.7 Å². The maximum atomic E-state index is 11.5. The molecule has 10 nitrogen and oxygen atoms in total. The lowest BCUT2D eigenvalue weighted by molar-refractivity contribution is -0.211. The zero-order valence-corrected chi connectivity index (χ0v) is 15.4. The molecule has 0 saturated carbocycles. The highest BCUT2D eigenvalue weighted by atomic mass is 16.7. The van der Waals surface area contributed by atoms with Crippen LogP contribution in [0.2, 0.25) is 0 Å². The van der Waals surface area contributed by atoms with Crippen LogP contribution in [0, 0.1) is 0 Å². The number of rotatable bonds is 12. The molecule has 0 aromatic heterocycles. The Hall–Kier alpha value is -1.42. The van der Waals surface area contributed by atoms with Crippen LogP contribution in [0.25, 0.3) is 10.4 Å². The van der Waals surface area contributed by atoms with E-state index in [0.717, 1.165) is 0 Å². The second-order valence-electron chi connectivity index (χ2n) is 6.30. The maximum Gasteiger partial charge on any atom is 0.332 e. The Morgan fingerprint density at radius 3 is 2.48 bits per heavy atom. The first-order valence-electron chi connectivity index (χ1n) is 8.04. The highest BCUT2D eigenvalue weighted by molar-refractivity contribution is 5.71. The standard InChI is InChI=1S/C15H29N3O7/c1-6-23-14(10(2)17-18-16)24-12(7-19)11(20)8-22-9-13(21)25-15(3,4)5/h10-12,14,19-20H,6-9H2,1-5H3/t10?,11-,12?,14+/m0/s1. The topological polar surface area (TPSA) is 143 Å². The minimum absolute atomic E-state index is 0.251. The van der Waals surface area contributed by atoms with Gasteiger partial charge in [0, 0.05) is 11.5 Å². The van der Waals surface area contributed by atoms with Gasteiger partial charge in [0.25, 0.3) is 0 Å². The van der Waals surface area contributed by atoms with Crippen LogP contribution in [0.4, 0.5) is 0 Å². The molecule has 0 bridgehead atoms. The number of azide groups is 1. The first-order chi connectivity index (χ1) is 11.6. The van der Waals surface area contributed by atoms with Crippen LogP contribution in [0.15, 0.2) is 5.11 Å². The van der Waals surface area contributed by atoms with Crippen LogP contribution < -0.4 is 0 Å². The molecule has 2 unspecified atom stereocenters. The Balaban J connectivity index is 4.50. The normalized spacial score (nSPS) is 16.4. The molecule has 0 rings (SSSR count). The lowest BCUT2D eigenvalue weighted by atomic mass is 10.2. The van der Waals surface area contributed by atoms with Crippen molar-refractivity contribution in [2.45, 2.75) is 64.8 Å². The SMILES string of the molecule is CCO[C@H](OC(CO)[C@@H](O)COCC(=O)OC(C)(C)C)C(C)N=[N+]=[N-]. The smallest absolute Gasteiger partial charge is 0.332 e. The highest BCUT2D eigenvalue weighted by Crippen LogP contribution is 2.12. The molecule has 0 spiro atoms. The quantitative estimate of drug-likeness (QED) is 0.174. The molecule has 0 aliphatic rings. The Morgan fingerprint density at radius 2 is 2.00 bits per heavy atom. The zero-order chi connectivity index (χ0) is 19.5. The summed E-state index contributed by atoms with van der Waals surface area (Å²) in [6.07, 6.45) is -3.18. The first kappa shape index (κ1) is 23.6. The molecule has 146 valence electrons. The van der Waals surface area contributed by atoms with E-state index >= 15 is 0 Å². The molecule has 0 amide bonds. The van der Waals surface area contributed by atoms with Crippen molar-refractivity contribution in [2.24, 2.45) is 5.11 Å². The summed E-state index contributed by atoms with van der Waals surface area (Å²) in [5.74, 6) is -0.565. The molecule has 0 aromatic rings. The predicted molar refractivity (Wildman–Crippen MR) is 88.7 cm³/mol. The number of carbonyl (C=O) groups is 1. The van der Waals surface area contributed by atoms with E-state index in [4.69, 9.17) is 24.5 Å². The molecule has 0 aliphatic carbocycles. The minimum atomic E-state index is -1.21. The van der Waals surface area contributed by atoms with Gasteiger partial charge in [0.05, 0.1) is 19.3 Å². The number of esters is 1. The molecule has 0 aliphatic heterocycles. The number of aliphatic hydroxyl groups is 2. The lowest BCUT2D eigenvalue weighted by Gasteiger charge is -2.28. The van der Waals surface area contributed by atoms with E-state index in [1.165, 1.54) is 0 Å². The fraction of sp³-hybridized carbons (Fsp3) is 0.933. The third-order valence-corrected chi connectivity index (χ3v) is 2.81. The molecular weight excluding hydrogens is 334 g/mol. The third-order valence-electron chi connectivity index (χ3n) is 2.81. The Bertz CT molecular complexity index is 435. The van der Waals surface area contributed by atoms with E-state index in [-0.39, 0.29) is 13.2 Å². The van der Waals surface area contributed by atoms with Gasteiger partial charge in [-0.15, -0.1) is 0 Å². The second kappa shape index (κ2) is 12.0. The summed E-state index contributed by atoms with van der Waals surface area (Å²) in [6.45, 7) is 7.70. The van der Waals surface area contributed by atoms with Gasteiger partial charge in [-0.2, -0.15) is 0 Å². The Labute approximate surface area is 147 Å². The van der Waals surface area contributed by atoms with E-state index in [1.54, 1.807) is 34.6 Å². The molecule has 25 heavy (non-hydrogen) atoms. The summed E-state index contributed by atoms with van der Waals surface area (Å²) in [5.41, 5.74) is 7.86. The van der Waals surface area contributed by atoms with Gasteiger partial charge in [-0.25, -0.2) is 4.79 Å². The van der Waals surface area contributed by atoms with E-state index in [0.29, 0.717) is 6.61 Å². The zero-order valence-electron chi connectivity index (χ0n) is 15.4.